The van der Waals surface area contributed by atoms with Gasteiger partial charge in [-0.15, -0.1) is 0 Å². The molecule has 104 valence electrons. The highest BCUT2D eigenvalue weighted by Gasteiger charge is 2.38. The van der Waals surface area contributed by atoms with Gasteiger partial charge in [-0.2, -0.15) is 0 Å². The molecular weight excluding hydrogens is 238 g/mol. The Morgan fingerprint density at radius 1 is 1.21 bits per heavy atom. The first-order valence-electron chi connectivity index (χ1n) is 7.43. The number of hydrogen-bond acceptors (Lipinski definition) is 3. The van der Waals surface area contributed by atoms with E-state index >= 15 is 0 Å². The summed E-state index contributed by atoms with van der Waals surface area (Å²) < 4.78 is 11.3. The van der Waals surface area contributed by atoms with E-state index in [1.165, 1.54) is 24.8 Å². The van der Waals surface area contributed by atoms with E-state index in [9.17, 15) is 0 Å². The molecular formula is C16H23NO2. The second-order valence-electron chi connectivity index (χ2n) is 5.75. The molecule has 1 heterocycles. The van der Waals surface area contributed by atoms with Crippen LogP contribution in [-0.2, 0) is 5.54 Å². The van der Waals surface area contributed by atoms with Gasteiger partial charge in [0.15, 0.2) is 11.5 Å². The topological polar surface area (TPSA) is 44.5 Å². The lowest BCUT2D eigenvalue weighted by Gasteiger charge is -2.42. The lowest BCUT2D eigenvalue weighted by molar-refractivity contribution is 0.166. The number of ether oxygens (including phenoxy) is 2. The first kappa shape index (κ1) is 12.8. The first-order valence-corrected chi connectivity index (χ1v) is 7.43. The summed E-state index contributed by atoms with van der Waals surface area (Å²) in [4.78, 5) is 0. The second-order valence-corrected chi connectivity index (χ2v) is 5.75. The Kier molecular flexibility index (Phi) is 3.40. The number of benzene rings is 1. The molecule has 3 rings (SSSR count). The van der Waals surface area contributed by atoms with Crippen LogP contribution in [-0.4, -0.2) is 13.2 Å². The zero-order chi connectivity index (χ0) is 13.3. The maximum absolute atomic E-state index is 6.77. The van der Waals surface area contributed by atoms with Gasteiger partial charge in [-0.05, 0) is 36.5 Å². The molecule has 1 fully saturated rings. The van der Waals surface area contributed by atoms with E-state index in [0.717, 1.165) is 24.3 Å². The minimum atomic E-state index is -0.192. The third-order valence-corrected chi connectivity index (χ3v) is 4.69. The van der Waals surface area contributed by atoms with Gasteiger partial charge in [0.25, 0.3) is 0 Å². The molecule has 0 radical (unpaired) electrons. The lowest BCUT2D eigenvalue weighted by atomic mass is 9.68. The highest BCUT2D eigenvalue weighted by atomic mass is 16.6. The molecule has 1 aliphatic carbocycles. The van der Waals surface area contributed by atoms with Crippen molar-refractivity contribution < 1.29 is 9.47 Å². The number of rotatable bonds is 2. The SMILES string of the molecule is CCC1CCCCC1(N)c1ccc2c(c1)OCCO2. The average Bonchev–Trinajstić information content (AvgIpc) is 2.47. The monoisotopic (exact) mass is 261 g/mol. The number of hydrogen-bond donors (Lipinski definition) is 1. The summed E-state index contributed by atoms with van der Waals surface area (Å²) >= 11 is 0. The summed E-state index contributed by atoms with van der Waals surface area (Å²) in [6.45, 7) is 3.51. The predicted molar refractivity (Wildman–Crippen MR) is 75.5 cm³/mol. The van der Waals surface area contributed by atoms with Crippen molar-refractivity contribution in [2.45, 2.75) is 44.6 Å². The smallest absolute Gasteiger partial charge is 0.161 e. The fraction of sp³-hybridized carbons (Fsp3) is 0.625. The van der Waals surface area contributed by atoms with Crippen LogP contribution in [0.3, 0.4) is 0 Å². The molecule has 1 aromatic carbocycles. The molecule has 3 nitrogen and oxygen atoms in total. The molecule has 0 amide bonds. The van der Waals surface area contributed by atoms with Crippen LogP contribution in [0.4, 0.5) is 0 Å². The van der Waals surface area contributed by atoms with Crippen molar-refractivity contribution in [3.8, 4) is 11.5 Å². The Hall–Kier alpha value is -1.22. The maximum atomic E-state index is 6.77. The van der Waals surface area contributed by atoms with Crippen molar-refractivity contribution in [2.24, 2.45) is 11.7 Å². The molecule has 2 N–H and O–H groups in total. The highest BCUT2D eigenvalue weighted by Crippen LogP contribution is 2.43. The molecule has 0 saturated heterocycles. The minimum absolute atomic E-state index is 0.192. The lowest BCUT2D eigenvalue weighted by Crippen LogP contribution is -2.46. The molecule has 1 aliphatic heterocycles. The van der Waals surface area contributed by atoms with Crippen molar-refractivity contribution in [3.63, 3.8) is 0 Å². The summed E-state index contributed by atoms with van der Waals surface area (Å²) in [6.07, 6.45) is 5.99. The molecule has 0 spiro atoms. The van der Waals surface area contributed by atoms with Crippen molar-refractivity contribution in [1.82, 2.24) is 0 Å². The molecule has 1 aromatic rings. The minimum Gasteiger partial charge on any atom is -0.486 e. The third-order valence-electron chi connectivity index (χ3n) is 4.69. The highest BCUT2D eigenvalue weighted by molar-refractivity contribution is 5.46. The molecule has 2 unspecified atom stereocenters. The average molecular weight is 261 g/mol. The van der Waals surface area contributed by atoms with Crippen LogP contribution in [0.1, 0.15) is 44.6 Å². The molecule has 3 heteroatoms. The maximum Gasteiger partial charge on any atom is 0.161 e. The number of nitrogens with two attached hydrogens (primary N) is 1. The Morgan fingerprint density at radius 2 is 2.00 bits per heavy atom. The fourth-order valence-corrected chi connectivity index (χ4v) is 3.55. The van der Waals surface area contributed by atoms with Gasteiger partial charge in [-0.3, -0.25) is 0 Å². The van der Waals surface area contributed by atoms with Gasteiger partial charge in [0.2, 0.25) is 0 Å². The summed E-state index contributed by atoms with van der Waals surface area (Å²) in [7, 11) is 0. The fourth-order valence-electron chi connectivity index (χ4n) is 3.55. The van der Waals surface area contributed by atoms with Gasteiger partial charge in [0.1, 0.15) is 13.2 Å². The zero-order valence-electron chi connectivity index (χ0n) is 11.7. The van der Waals surface area contributed by atoms with Gasteiger partial charge in [0, 0.05) is 5.54 Å². The van der Waals surface area contributed by atoms with Crippen molar-refractivity contribution in [2.75, 3.05) is 13.2 Å². The van der Waals surface area contributed by atoms with Crippen molar-refractivity contribution in [1.29, 1.82) is 0 Å². The van der Waals surface area contributed by atoms with E-state index < -0.39 is 0 Å². The Morgan fingerprint density at radius 3 is 2.79 bits per heavy atom. The van der Waals surface area contributed by atoms with Gasteiger partial charge in [0.05, 0.1) is 0 Å². The third kappa shape index (κ3) is 2.20. The van der Waals surface area contributed by atoms with E-state index in [-0.39, 0.29) is 5.54 Å². The zero-order valence-corrected chi connectivity index (χ0v) is 11.7. The van der Waals surface area contributed by atoms with Crippen LogP contribution in [0, 0.1) is 5.92 Å². The van der Waals surface area contributed by atoms with Crippen molar-refractivity contribution in [3.05, 3.63) is 23.8 Å². The summed E-state index contributed by atoms with van der Waals surface area (Å²) in [5.74, 6) is 2.28. The van der Waals surface area contributed by atoms with Gasteiger partial charge in [-0.1, -0.05) is 32.3 Å². The molecule has 19 heavy (non-hydrogen) atoms. The van der Waals surface area contributed by atoms with Gasteiger partial charge < -0.3 is 15.2 Å². The molecule has 0 bridgehead atoms. The normalized spacial score (nSPS) is 30.1. The van der Waals surface area contributed by atoms with E-state index in [1.807, 2.05) is 6.07 Å². The molecule has 1 saturated carbocycles. The first-order chi connectivity index (χ1) is 9.24. The Labute approximate surface area is 115 Å². The summed E-state index contributed by atoms with van der Waals surface area (Å²) in [6, 6.07) is 6.24. The largest absolute Gasteiger partial charge is 0.486 e. The Bertz CT molecular complexity index is 460. The van der Waals surface area contributed by atoms with Crippen LogP contribution < -0.4 is 15.2 Å². The van der Waals surface area contributed by atoms with Crippen molar-refractivity contribution >= 4 is 0 Å². The second kappa shape index (κ2) is 5.04. The van der Waals surface area contributed by atoms with Gasteiger partial charge >= 0.3 is 0 Å². The predicted octanol–water partition coefficient (Wildman–Crippen LogP) is 3.21. The quantitative estimate of drug-likeness (QED) is 0.889. The Balaban J connectivity index is 1.95. The standard InChI is InChI=1S/C16H23NO2/c1-2-12-5-3-4-8-16(12,17)13-6-7-14-15(11-13)19-10-9-18-14/h6-7,11-12H,2-5,8-10,17H2,1H3. The van der Waals surface area contributed by atoms with E-state index in [1.54, 1.807) is 0 Å². The van der Waals surface area contributed by atoms with Gasteiger partial charge in [-0.25, -0.2) is 0 Å². The molecule has 0 aromatic heterocycles. The number of fused-ring (bicyclic) bond motifs is 1. The molecule has 2 atom stereocenters. The summed E-state index contributed by atoms with van der Waals surface area (Å²) in [5, 5.41) is 0. The van der Waals surface area contributed by atoms with E-state index in [0.29, 0.717) is 19.1 Å². The van der Waals surface area contributed by atoms with Crippen LogP contribution >= 0.6 is 0 Å². The van der Waals surface area contributed by atoms with Crippen LogP contribution in [0.25, 0.3) is 0 Å². The van der Waals surface area contributed by atoms with E-state index in [4.69, 9.17) is 15.2 Å². The summed E-state index contributed by atoms with van der Waals surface area (Å²) in [5.41, 5.74) is 7.79. The van der Waals surface area contributed by atoms with Crippen LogP contribution in [0.2, 0.25) is 0 Å². The molecule has 2 aliphatic rings. The van der Waals surface area contributed by atoms with Crippen LogP contribution in [0.15, 0.2) is 18.2 Å². The van der Waals surface area contributed by atoms with Crippen LogP contribution in [0.5, 0.6) is 11.5 Å². The van der Waals surface area contributed by atoms with E-state index in [2.05, 4.69) is 19.1 Å².